The SMILES string of the molecule is CCC1C2CNCC2CN1C(=O)Cc1ncccc1C. The van der Waals surface area contributed by atoms with Crippen LogP contribution in [-0.4, -0.2) is 41.5 Å². The number of amides is 1. The first-order valence-electron chi connectivity index (χ1n) is 7.61. The molecule has 2 fully saturated rings. The third-order valence-electron chi connectivity index (χ3n) is 4.89. The van der Waals surface area contributed by atoms with Crippen LogP contribution in [0, 0.1) is 18.8 Å². The normalized spacial score (nSPS) is 28.7. The van der Waals surface area contributed by atoms with Crippen LogP contribution in [0.15, 0.2) is 18.3 Å². The van der Waals surface area contributed by atoms with Gasteiger partial charge in [0.15, 0.2) is 0 Å². The molecule has 3 heterocycles. The number of pyridine rings is 1. The van der Waals surface area contributed by atoms with E-state index in [1.54, 1.807) is 6.20 Å². The first kappa shape index (κ1) is 13.6. The largest absolute Gasteiger partial charge is 0.339 e. The van der Waals surface area contributed by atoms with Crippen LogP contribution in [0.4, 0.5) is 0 Å². The molecule has 1 amide bonds. The molecule has 1 aromatic rings. The van der Waals surface area contributed by atoms with E-state index in [1.165, 1.54) is 0 Å². The predicted molar refractivity (Wildman–Crippen MR) is 78.3 cm³/mol. The van der Waals surface area contributed by atoms with Gasteiger partial charge in [-0.1, -0.05) is 13.0 Å². The quantitative estimate of drug-likeness (QED) is 0.905. The van der Waals surface area contributed by atoms with Crippen molar-refractivity contribution in [3.05, 3.63) is 29.6 Å². The lowest BCUT2D eigenvalue weighted by Crippen LogP contribution is -2.40. The van der Waals surface area contributed by atoms with Crippen molar-refractivity contribution in [1.29, 1.82) is 0 Å². The molecule has 3 unspecified atom stereocenters. The summed E-state index contributed by atoms with van der Waals surface area (Å²) in [6.07, 6.45) is 3.27. The molecule has 2 aliphatic heterocycles. The van der Waals surface area contributed by atoms with Crippen molar-refractivity contribution in [2.24, 2.45) is 11.8 Å². The summed E-state index contributed by atoms with van der Waals surface area (Å²) in [4.78, 5) is 19.1. The molecule has 3 rings (SSSR count). The minimum atomic E-state index is 0.244. The van der Waals surface area contributed by atoms with Crippen molar-refractivity contribution in [3.8, 4) is 0 Å². The van der Waals surface area contributed by atoms with Gasteiger partial charge < -0.3 is 10.2 Å². The Morgan fingerprint density at radius 3 is 3.10 bits per heavy atom. The smallest absolute Gasteiger partial charge is 0.228 e. The Labute approximate surface area is 120 Å². The van der Waals surface area contributed by atoms with Gasteiger partial charge in [0.05, 0.1) is 12.1 Å². The number of aryl methyl sites for hydroxylation is 1. The Hall–Kier alpha value is -1.42. The highest BCUT2D eigenvalue weighted by molar-refractivity contribution is 5.79. The third kappa shape index (κ3) is 2.33. The first-order valence-corrected chi connectivity index (χ1v) is 7.61. The van der Waals surface area contributed by atoms with E-state index in [0.717, 1.165) is 37.3 Å². The highest BCUT2D eigenvalue weighted by atomic mass is 16.2. The van der Waals surface area contributed by atoms with Crippen LogP contribution in [0.2, 0.25) is 0 Å². The average Bonchev–Trinajstić information content (AvgIpc) is 3.01. The standard InChI is InChI=1S/C16H23N3O/c1-3-15-13-9-17-8-12(13)10-19(15)16(20)7-14-11(2)5-4-6-18-14/h4-6,12-13,15,17H,3,7-10H2,1-2H3. The van der Waals surface area contributed by atoms with Crippen LogP contribution in [-0.2, 0) is 11.2 Å². The summed E-state index contributed by atoms with van der Waals surface area (Å²) in [6, 6.07) is 4.35. The highest BCUT2D eigenvalue weighted by Gasteiger charge is 2.44. The lowest BCUT2D eigenvalue weighted by atomic mass is 9.93. The van der Waals surface area contributed by atoms with Gasteiger partial charge in [0, 0.05) is 31.9 Å². The van der Waals surface area contributed by atoms with Gasteiger partial charge in [-0.25, -0.2) is 0 Å². The van der Waals surface area contributed by atoms with Gasteiger partial charge in [-0.3, -0.25) is 9.78 Å². The van der Waals surface area contributed by atoms with Crippen LogP contribution in [0.5, 0.6) is 0 Å². The fraction of sp³-hybridized carbons (Fsp3) is 0.625. The Morgan fingerprint density at radius 1 is 1.50 bits per heavy atom. The molecule has 20 heavy (non-hydrogen) atoms. The van der Waals surface area contributed by atoms with E-state index in [0.29, 0.717) is 24.3 Å². The number of carbonyl (C=O) groups excluding carboxylic acids is 1. The molecular formula is C16H23N3O. The molecule has 4 nitrogen and oxygen atoms in total. The molecule has 0 aromatic carbocycles. The van der Waals surface area contributed by atoms with Gasteiger partial charge in [-0.15, -0.1) is 0 Å². The molecule has 1 N–H and O–H groups in total. The van der Waals surface area contributed by atoms with Gasteiger partial charge in [0.2, 0.25) is 5.91 Å². The topological polar surface area (TPSA) is 45.2 Å². The third-order valence-corrected chi connectivity index (χ3v) is 4.89. The maximum absolute atomic E-state index is 12.6. The van der Waals surface area contributed by atoms with Gasteiger partial charge in [0.25, 0.3) is 0 Å². The summed E-state index contributed by atoms with van der Waals surface area (Å²) >= 11 is 0. The van der Waals surface area contributed by atoms with Crippen LogP contribution in [0.3, 0.4) is 0 Å². The second kappa shape index (κ2) is 5.52. The van der Waals surface area contributed by atoms with Crippen LogP contribution in [0.1, 0.15) is 24.6 Å². The van der Waals surface area contributed by atoms with Gasteiger partial charge in [-0.05, 0) is 36.8 Å². The Kier molecular flexibility index (Phi) is 3.74. The molecule has 1 aromatic heterocycles. The van der Waals surface area contributed by atoms with Gasteiger partial charge in [-0.2, -0.15) is 0 Å². The number of rotatable bonds is 3. The van der Waals surface area contributed by atoms with E-state index in [-0.39, 0.29) is 5.91 Å². The number of nitrogens with zero attached hydrogens (tertiary/aromatic N) is 2. The fourth-order valence-corrected chi connectivity index (χ4v) is 3.78. The zero-order valence-corrected chi connectivity index (χ0v) is 12.3. The number of likely N-dealkylation sites (tertiary alicyclic amines) is 1. The summed E-state index contributed by atoms with van der Waals surface area (Å²) in [7, 11) is 0. The van der Waals surface area contributed by atoms with Crippen molar-refractivity contribution in [3.63, 3.8) is 0 Å². The minimum absolute atomic E-state index is 0.244. The Bertz CT molecular complexity index is 502. The fourth-order valence-electron chi connectivity index (χ4n) is 3.78. The van der Waals surface area contributed by atoms with Crippen molar-refractivity contribution in [2.75, 3.05) is 19.6 Å². The van der Waals surface area contributed by atoms with Crippen molar-refractivity contribution >= 4 is 5.91 Å². The van der Waals surface area contributed by atoms with Crippen LogP contribution >= 0.6 is 0 Å². The number of carbonyl (C=O) groups is 1. The molecule has 0 saturated carbocycles. The average molecular weight is 273 g/mol. The summed E-state index contributed by atoms with van der Waals surface area (Å²) < 4.78 is 0. The predicted octanol–water partition coefficient (Wildman–Crippen LogP) is 1.39. The lowest BCUT2D eigenvalue weighted by molar-refractivity contribution is -0.131. The molecule has 108 valence electrons. The highest BCUT2D eigenvalue weighted by Crippen LogP contribution is 2.34. The molecule has 2 aliphatic rings. The molecule has 0 radical (unpaired) electrons. The monoisotopic (exact) mass is 273 g/mol. The summed E-state index contributed by atoms with van der Waals surface area (Å²) in [5, 5.41) is 3.46. The van der Waals surface area contributed by atoms with Crippen LogP contribution < -0.4 is 5.32 Å². The summed E-state index contributed by atoms with van der Waals surface area (Å²) in [5.41, 5.74) is 2.03. The zero-order valence-electron chi connectivity index (χ0n) is 12.3. The van der Waals surface area contributed by atoms with Crippen molar-refractivity contribution in [2.45, 2.75) is 32.7 Å². The number of fused-ring (bicyclic) bond motifs is 1. The second-order valence-corrected chi connectivity index (χ2v) is 6.05. The molecule has 0 aliphatic carbocycles. The Balaban J connectivity index is 1.73. The Morgan fingerprint density at radius 2 is 2.35 bits per heavy atom. The number of aromatic nitrogens is 1. The number of hydrogen-bond donors (Lipinski definition) is 1. The van der Waals surface area contributed by atoms with E-state index in [4.69, 9.17) is 0 Å². The van der Waals surface area contributed by atoms with Crippen molar-refractivity contribution < 1.29 is 4.79 Å². The lowest BCUT2D eigenvalue weighted by Gasteiger charge is -2.27. The van der Waals surface area contributed by atoms with E-state index in [2.05, 4.69) is 22.1 Å². The molecule has 4 heteroatoms. The first-order chi connectivity index (χ1) is 9.70. The maximum Gasteiger partial charge on any atom is 0.228 e. The molecule has 0 bridgehead atoms. The number of nitrogens with one attached hydrogen (secondary N) is 1. The minimum Gasteiger partial charge on any atom is -0.339 e. The molecular weight excluding hydrogens is 250 g/mol. The van der Waals surface area contributed by atoms with E-state index in [9.17, 15) is 4.79 Å². The summed E-state index contributed by atoms with van der Waals surface area (Å²) in [6.45, 7) is 7.26. The van der Waals surface area contributed by atoms with E-state index < -0.39 is 0 Å². The van der Waals surface area contributed by atoms with Gasteiger partial charge in [0.1, 0.15) is 0 Å². The summed E-state index contributed by atoms with van der Waals surface area (Å²) in [5.74, 6) is 1.54. The maximum atomic E-state index is 12.6. The van der Waals surface area contributed by atoms with E-state index in [1.807, 2.05) is 19.1 Å². The zero-order chi connectivity index (χ0) is 14.1. The molecule has 2 saturated heterocycles. The number of hydrogen-bond acceptors (Lipinski definition) is 3. The van der Waals surface area contributed by atoms with Gasteiger partial charge >= 0.3 is 0 Å². The van der Waals surface area contributed by atoms with Crippen molar-refractivity contribution in [1.82, 2.24) is 15.2 Å². The second-order valence-electron chi connectivity index (χ2n) is 6.05. The van der Waals surface area contributed by atoms with Crippen LogP contribution in [0.25, 0.3) is 0 Å². The molecule has 3 atom stereocenters. The van der Waals surface area contributed by atoms with E-state index >= 15 is 0 Å². The molecule has 0 spiro atoms.